The zero-order chi connectivity index (χ0) is 12.8. The molecule has 0 radical (unpaired) electrons. The van der Waals surface area contributed by atoms with Crippen LogP contribution in [0.5, 0.6) is 0 Å². The van der Waals surface area contributed by atoms with Gasteiger partial charge in [-0.15, -0.1) is 0 Å². The quantitative estimate of drug-likeness (QED) is 0.866. The minimum Gasteiger partial charge on any atom is -0.396 e. The van der Waals surface area contributed by atoms with Gasteiger partial charge in [0.15, 0.2) is 0 Å². The van der Waals surface area contributed by atoms with Gasteiger partial charge >= 0.3 is 0 Å². The molecule has 2 nitrogen and oxygen atoms in total. The molecule has 1 aromatic carbocycles. The first-order valence-corrected chi connectivity index (χ1v) is 7.12. The molecule has 1 N–H and O–H groups in total. The molecule has 2 unspecified atom stereocenters. The summed E-state index contributed by atoms with van der Waals surface area (Å²) in [6.07, 6.45) is 5.87. The largest absolute Gasteiger partial charge is 0.396 e. The highest BCUT2D eigenvalue weighted by atomic mass is 16.3. The molecule has 1 spiro atoms. The Morgan fingerprint density at radius 1 is 1.39 bits per heavy atom. The molecule has 0 aromatic heterocycles. The van der Waals surface area contributed by atoms with Crippen molar-refractivity contribution in [2.45, 2.75) is 50.6 Å². The van der Waals surface area contributed by atoms with Crippen LogP contribution in [0.15, 0.2) is 18.2 Å². The Bertz CT molecular complexity index is 456. The van der Waals surface area contributed by atoms with Gasteiger partial charge in [-0.1, -0.05) is 18.2 Å². The second-order valence-corrected chi connectivity index (χ2v) is 5.95. The van der Waals surface area contributed by atoms with Crippen molar-refractivity contribution in [1.29, 1.82) is 0 Å². The Hall–Kier alpha value is -0.860. The first-order valence-electron chi connectivity index (χ1n) is 7.12. The monoisotopic (exact) mass is 245 g/mol. The third kappa shape index (κ3) is 1.55. The molecule has 1 fully saturated rings. The molecule has 3 rings (SSSR count). The first kappa shape index (κ1) is 12.2. The van der Waals surface area contributed by atoms with Crippen LogP contribution in [0.4, 0.5) is 0 Å². The van der Waals surface area contributed by atoms with Crippen molar-refractivity contribution in [1.82, 2.24) is 4.90 Å². The molecular weight excluding hydrogens is 222 g/mol. The third-order valence-corrected chi connectivity index (χ3v) is 5.28. The van der Waals surface area contributed by atoms with Gasteiger partial charge < -0.3 is 5.11 Å². The van der Waals surface area contributed by atoms with Gasteiger partial charge in [0.2, 0.25) is 0 Å². The van der Waals surface area contributed by atoms with E-state index in [1.54, 1.807) is 11.1 Å². The highest BCUT2D eigenvalue weighted by molar-refractivity contribution is 5.44. The SMILES string of the molecule is Cc1cccc2c1CCC21CCC(CCO)N1C. The van der Waals surface area contributed by atoms with E-state index in [4.69, 9.17) is 0 Å². The molecule has 2 heteroatoms. The Labute approximate surface area is 110 Å². The molecule has 0 saturated carbocycles. The number of rotatable bonds is 2. The van der Waals surface area contributed by atoms with Gasteiger partial charge in [-0.3, -0.25) is 4.90 Å². The number of benzene rings is 1. The van der Waals surface area contributed by atoms with Crippen molar-refractivity contribution < 1.29 is 5.11 Å². The Balaban J connectivity index is 1.98. The number of aliphatic hydroxyl groups is 1. The van der Waals surface area contributed by atoms with Crippen molar-refractivity contribution >= 4 is 0 Å². The van der Waals surface area contributed by atoms with E-state index in [-0.39, 0.29) is 5.54 Å². The maximum Gasteiger partial charge on any atom is 0.0467 e. The fraction of sp³-hybridized carbons (Fsp3) is 0.625. The van der Waals surface area contributed by atoms with Crippen LogP contribution >= 0.6 is 0 Å². The number of aliphatic hydroxyl groups excluding tert-OH is 1. The highest BCUT2D eigenvalue weighted by Crippen LogP contribution is 2.50. The second-order valence-electron chi connectivity index (χ2n) is 5.95. The molecule has 98 valence electrons. The van der Waals surface area contributed by atoms with Crippen LogP contribution in [0.2, 0.25) is 0 Å². The third-order valence-electron chi connectivity index (χ3n) is 5.28. The van der Waals surface area contributed by atoms with E-state index in [1.807, 2.05) is 0 Å². The predicted molar refractivity (Wildman–Crippen MR) is 73.7 cm³/mol. The lowest BCUT2D eigenvalue weighted by Gasteiger charge is -2.36. The smallest absolute Gasteiger partial charge is 0.0467 e. The number of aryl methyl sites for hydroxylation is 1. The van der Waals surface area contributed by atoms with E-state index in [9.17, 15) is 5.11 Å². The average Bonchev–Trinajstić information content (AvgIpc) is 2.89. The van der Waals surface area contributed by atoms with Crippen LogP contribution in [-0.4, -0.2) is 29.7 Å². The summed E-state index contributed by atoms with van der Waals surface area (Å²) in [6, 6.07) is 7.32. The predicted octanol–water partition coefficient (Wildman–Crippen LogP) is 2.61. The summed E-state index contributed by atoms with van der Waals surface area (Å²) in [4.78, 5) is 2.55. The summed E-state index contributed by atoms with van der Waals surface area (Å²) >= 11 is 0. The van der Waals surface area contributed by atoms with Crippen LogP contribution in [0.3, 0.4) is 0 Å². The van der Waals surface area contributed by atoms with E-state index in [1.165, 1.54) is 31.2 Å². The summed E-state index contributed by atoms with van der Waals surface area (Å²) in [5.74, 6) is 0. The molecule has 1 aromatic rings. The van der Waals surface area contributed by atoms with Crippen LogP contribution in [0.1, 0.15) is 42.4 Å². The van der Waals surface area contributed by atoms with Gasteiger partial charge in [0, 0.05) is 18.2 Å². The number of likely N-dealkylation sites (tertiary alicyclic amines) is 1. The van der Waals surface area contributed by atoms with E-state index in [0.717, 1.165) is 6.42 Å². The fourth-order valence-electron chi connectivity index (χ4n) is 4.17. The van der Waals surface area contributed by atoms with Gasteiger partial charge in [-0.25, -0.2) is 0 Å². The van der Waals surface area contributed by atoms with Crippen molar-refractivity contribution in [3.05, 3.63) is 34.9 Å². The van der Waals surface area contributed by atoms with Gasteiger partial charge in [0.05, 0.1) is 0 Å². The van der Waals surface area contributed by atoms with Gasteiger partial charge in [-0.2, -0.15) is 0 Å². The maximum atomic E-state index is 9.19. The van der Waals surface area contributed by atoms with Crippen LogP contribution in [0.25, 0.3) is 0 Å². The topological polar surface area (TPSA) is 23.5 Å². The second kappa shape index (κ2) is 4.36. The molecule has 0 amide bonds. The van der Waals surface area contributed by atoms with E-state index >= 15 is 0 Å². The van der Waals surface area contributed by atoms with E-state index in [2.05, 4.69) is 37.1 Å². The number of fused-ring (bicyclic) bond motifs is 2. The van der Waals surface area contributed by atoms with Gasteiger partial charge in [0.1, 0.15) is 0 Å². The summed E-state index contributed by atoms with van der Waals surface area (Å²) in [5, 5.41) is 9.19. The van der Waals surface area contributed by atoms with E-state index in [0.29, 0.717) is 12.6 Å². The van der Waals surface area contributed by atoms with Gasteiger partial charge in [-0.05, 0) is 62.8 Å². The summed E-state index contributed by atoms with van der Waals surface area (Å²) < 4.78 is 0. The lowest BCUT2D eigenvalue weighted by Crippen LogP contribution is -2.41. The maximum absolute atomic E-state index is 9.19. The normalized spacial score (nSPS) is 31.2. The first-order chi connectivity index (χ1) is 8.69. The number of hydrogen-bond donors (Lipinski definition) is 1. The molecule has 2 aliphatic rings. The highest BCUT2D eigenvalue weighted by Gasteiger charge is 2.48. The fourth-order valence-corrected chi connectivity index (χ4v) is 4.17. The lowest BCUT2D eigenvalue weighted by molar-refractivity contribution is 0.116. The molecule has 1 heterocycles. The minimum absolute atomic E-state index is 0.265. The van der Waals surface area contributed by atoms with Crippen molar-refractivity contribution in [3.8, 4) is 0 Å². The lowest BCUT2D eigenvalue weighted by atomic mass is 9.88. The van der Waals surface area contributed by atoms with Crippen molar-refractivity contribution in [2.24, 2.45) is 0 Å². The Kier molecular flexibility index (Phi) is 2.95. The summed E-state index contributed by atoms with van der Waals surface area (Å²) in [5.41, 5.74) is 4.85. The minimum atomic E-state index is 0.265. The molecule has 2 atom stereocenters. The average molecular weight is 245 g/mol. The van der Waals surface area contributed by atoms with Crippen molar-refractivity contribution in [2.75, 3.05) is 13.7 Å². The summed E-state index contributed by atoms with van der Waals surface area (Å²) in [6.45, 7) is 2.55. The van der Waals surface area contributed by atoms with Gasteiger partial charge in [0.25, 0.3) is 0 Å². The number of nitrogens with zero attached hydrogens (tertiary/aromatic N) is 1. The number of hydrogen-bond acceptors (Lipinski definition) is 2. The van der Waals surface area contributed by atoms with Crippen LogP contribution < -0.4 is 0 Å². The standard InChI is InChI=1S/C16H23NO/c1-12-4-3-5-15-14(12)7-10-16(15)9-6-13(8-11-18)17(16)2/h3-5,13,18H,6-11H2,1-2H3. The molecule has 0 bridgehead atoms. The Morgan fingerprint density at radius 2 is 2.22 bits per heavy atom. The molecule has 1 aliphatic carbocycles. The molecular formula is C16H23NO. The molecule has 18 heavy (non-hydrogen) atoms. The Morgan fingerprint density at radius 3 is 3.00 bits per heavy atom. The van der Waals surface area contributed by atoms with E-state index < -0.39 is 0 Å². The molecule has 1 aliphatic heterocycles. The summed E-state index contributed by atoms with van der Waals surface area (Å²) in [7, 11) is 2.25. The van der Waals surface area contributed by atoms with Crippen LogP contribution in [0, 0.1) is 6.92 Å². The molecule has 1 saturated heterocycles. The zero-order valence-corrected chi connectivity index (χ0v) is 11.4. The zero-order valence-electron chi connectivity index (χ0n) is 11.4. The van der Waals surface area contributed by atoms with Crippen LogP contribution in [-0.2, 0) is 12.0 Å². The van der Waals surface area contributed by atoms with Crippen molar-refractivity contribution in [3.63, 3.8) is 0 Å².